The quantitative estimate of drug-likeness (QED) is 0.629. The summed E-state index contributed by atoms with van der Waals surface area (Å²) in [6.45, 7) is 3.81. The Labute approximate surface area is 189 Å². The Morgan fingerprint density at radius 2 is 1.90 bits per heavy atom. The molecule has 0 radical (unpaired) electrons. The number of hydrogen-bond acceptors (Lipinski definition) is 6. The molecule has 2 fully saturated rings. The highest BCUT2D eigenvalue weighted by Gasteiger charge is 2.26. The maximum Gasteiger partial charge on any atom is 0.407 e. The van der Waals surface area contributed by atoms with Crippen molar-refractivity contribution in [2.45, 2.75) is 44.6 Å². The molecule has 1 saturated carbocycles. The van der Waals surface area contributed by atoms with Crippen molar-refractivity contribution in [1.82, 2.24) is 10.2 Å². The number of anilines is 1. The fourth-order valence-corrected chi connectivity index (χ4v) is 4.01. The minimum absolute atomic E-state index is 0. The van der Waals surface area contributed by atoms with Gasteiger partial charge in [0.25, 0.3) is 0 Å². The van der Waals surface area contributed by atoms with Crippen LogP contribution in [0.3, 0.4) is 0 Å². The van der Waals surface area contributed by atoms with E-state index in [1.54, 1.807) is 7.11 Å². The van der Waals surface area contributed by atoms with Crippen LogP contribution in [0.2, 0.25) is 0 Å². The Bertz CT molecular complexity index is 779. The number of rotatable bonds is 8. The molecule has 0 bridgehead atoms. The zero-order valence-electron chi connectivity index (χ0n) is 18.0. The standard InChI is InChI=1S/C22H31N3O5.ClH/c1-28-19-6-5-18(17-4-7-20(26)24-21(17)19)29-13-12-25-10-8-16(9-11-25)23-22(27)30-14-15-2-3-15;/h5-6,15-16H,2-4,7-14H2,1H3,(H,23,27)(H,24,26);1H. The third-order valence-corrected chi connectivity index (χ3v) is 6.04. The summed E-state index contributed by atoms with van der Waals surface area (Å²) in [6.07, 6.45) is 5.04. The summed E-state index contributed by atoms with van der Waals surface area (Å²) in [4.78, 5) is 25.9. The number of likely N-dealkylation sites (tertiary alicyclic amines) is 1. The topological polar surface area (TPSA) is 89.1 Å². The van der Waals surface area contributed by atoms with Gasteiger partial charge in [0.1, 0.15) is 18.1 Å². The Morgan fingerprint density at radius 1 is 1.16 bits per heavy atom. The first-order chi connectivity index (χ1) is 14.6. The van der Waals surface area contributed by atoms with Crippen LogP contribution in [0.25, 0.3) is 0 Å². The number of carbonyl (C=O) groups is 2. The van der Waals surface area contributed by atoms with Crippen molar-refractivity contribution in [1.29, 1.82) is 0 Å². The Morgan fingerprint density at radius 3 is 2.61 bits per heavy atom. The van der Waals surface area contributed by atoms with Gasteiger partial charge in [0.2, 0.25) is 5.91 Å². The maximum absolute atomic E-state index is 11.8. The highest BCUT2D eigenvalue weighted by molar-refractivity contribution is 5.96. The molecule has 2 heterocycles. The smallest absolute Gasteiger partial charge is 0.407 e. The van der Waals surface area contributed by atoms with E-state index in [0.29, 0.717) is 37.7 Å². The first-order valence-electron chi connectivity index (χ1n) is 10.9. The van der Waals surface area contributed by atoms with Crippen LogP contribution >= 0.6 is 12.4 Å². The number of methoxy groups -OCH3 is 1. The van der Waals surface area contributed by atoms with Gasteiger partial charge in [0, 0.05) is 37.7 Å². The van der Waals surface area contributed by atoms with E-state index in [1.807, 2.05) is 12.1 Å². The molecule has 2 amide bonds. The van der Waals surface area contributed by atoms with E-state index < -0.39 is 0 Å². The number of alkyl carbamates (subject to hydrolysis) is 1. The number of benzene rings is 1. The lowest BCUT2D eigenvalue weighted by Gasteiger charge is -2.32. The third kappa shape index (κ3) is 6.40. The zero-order chi connectivity index (χ0) is 20.9. The monoisotopic (exact) mass is 453 g/mol. The molecule has 2 aliphatic heterocycles. The number of amides is 2. The summed E-state index contributed by atoms with van der Waals surface area (Å²) >= 11 is 0. The minimum atomic E-state index is -0.278. The molecule has 0 atom stereocenters. The van der Waals surface area contributed by atoms with Crippen LogP contribution in [-0.4, -0.2) is 62.9 Å². The maximum atomic E-state index is 11.8. The van der Waals surface area contributed by atoms with Crippen LogP contribution in [0.4, 0.5) is 10.5 Å². The predicted octanol–water partition coefficient (Wildman–Crippen LogP) is 2.98. The summed E-state index contributed by atoms with van der Waals surface area (Å²) in [5, 5.41) is 5.89. The van der Waals surface area contributed by atoms with Crippen LogP contribution in [0.15, 0.2) is 12.1 Å². The van der Waals surface area contributed by atoms with Crippen molar-refractivity contribution in [3.63, 3.8) is 0 Å². The van der Waals surface area contributed by atoms with Crippen LogP contribution < -0.4 is 20.1 Å². The van der Waals surface area contributed by atoms with E-state index in [2.05, 4.69) is 15.5 Å². The van der Waals surface area contributed by atoms with Gasteiger partial charge in [-0.1, -0.05) is 0 Å². The largest absolute Gasteiger partial charge is 0.495 e. The van der Waals surface area contributed by atoms with Gasteiger partial charge in [-0.3, -0.25) is 9.69 Å². The number of nitrogens with zero attached hydrogens (tertiary/aromatic N) is 1. The SMILES string of the molecule is COc1ccc(OCCN2CCC(NC(=O)OCC3CC3)CC2)c2c1NC(=O)CC2.Cl. The number of carbonyl (C=O) groups excluding carboxylic acids is 2. The highest BCUT2D eigenvalue weighted by Crippen LogP contribution is 2.38. The fourth-order valence-electron chi connectivity index (χ4n) is 4.01. The van der Waals surface area contributed by atoms with Gasteiger partial charge in [-0.05, 0) is 50.2 Å². The second-order valence-electron chi connectivity index (χ2n) is 8.32. The zero-order valence-corrected chi connectivity index (χ0v) is 18.8. The molecule has 1 aromatic carbocycles. The van der Waals surface area contributed by atoms with Gasteiger partial charge in [-0.2, -0.15) is 0 Å². The van der Waals surface area contributed by atoms with Crippen molar-refractivity contribution < 1.29 is 23.8 Å². The van der Waals surface area contributed by atoms with Crippen molar-refractivity contribution in [2.24, 2.45) is 5.92 Å². The summed E-state index contributed by atoms with van der Waals surface area (Å²) in [5.41, 5.74) is 1.73. The normalized spacial score (nSPS) is 18.9. The molecular weight excluding hydrogens is 422 g/mol. The van der Waals surface area contributed by atoms with Gasteiger partial charge >= 0.3 is 6.09 Å². The van der Waals surface area contributed by atoms with Gasteiger partial charge in [0.05, 0.1) is 19.4 Å². The second-order valence-corrected chi connectivity index (χ2v) is 8.32. The summed E-state index contributed by atoms with van der Waals surface area (Å²) in [7, 11) is 1.60. The first-order valence-corrected chi connectivity index (χ1v) is 10.9. The predicted molar refractivity (Wildman–Crippen MR) is 119 cm³/mol. The molecule has 0 aromatic heterocycles. The molecule has 2 N–H and O–H groups in total. The molecule has 8 nitrogen and oxygen atoms in total. The van der Waals surface area contributed by atoms with E-state index >= 15 is 0 Å². The fraction of sp³-hybridized carbons (Fsp3) is 0.636. The highest BCUT2D eigenvalue weighted by atomic mass is 35.5. The van der Waals surface area contributed by atoms with Crippen molar-refractivity contribution in [3.05, 3.63) is 17.7 Å². The van der Waals surface area contributed by atoms with Crippen LogP contribution in [-0.2, 0) is 16.0 Å². The van der Waals surface area contributed by atoms with Gasteiger partial charge in [-0.15, -0.1) is 12.4 Å². The molecule has 4 rings (SSSR count). The summed E-state index contributed by atoms with van der Waals surface area (Å²) in [5.74, 6) is 2.06. The summed E-state index contributed by atoms with van der Waals surface area (Å²) in [6, 6.07) is 3.93. The van der Waals surface area contributed by atoms with E-state index in [-0.39, 0.29) is 30.4 Å². The van der Waals surface area contributed by atoms with Crippen molar-refractivity contribution in [2.75, 3.05) is 45.3 Å². The number of nitrogens with one attached hydrogen (secondary N) is 2. The molecule has 3 aliphatic rings. The lowest BCUT2D eigenvalue weighted by atomic mass is 10.0. The van der Waals surface area contributed by atoms with E-state index in [1.165, 1.54) is 12.8 Å². The average molecular weight is 454 g/mol. The van der Waals surface area contributed by atoms with Crippen LogP contribution in [0.5, 0.6) is 11.5 Å². The number of hydrogen-bond donors (Lipinski definition) is 2. The molecule has 0 unspecified atom stereocenters. The number of piperidine rings is 1. The van der Waals surface area contributed by atoms with E-state index in [9.17, 15) is 9.59 Å². The Hall–Kier alpha value is -2.19. The molecule has 172 valence electrons. The molecule has 31 heavy (non-hydrogen) atoms. The van der Waals surface area contributed by atoms with Gasteiger partial charge < -0.3 is 24.8 Å². The van der Waals surface area contributed by atoms with Crippen LogP contribution in [0.1, 0.15) is 37.7 Å². The van der Waals surface area contributed by atoms with Crippen molar-refractivity contribution in [3.8, 4) is 11.5 Å². The number of halogens is 1. The Balaban J connectivity index is 0.00000272. The second kappa shape index (κ2) is 10.9. The molecule has 1 aromatic rings. The van der Waals surface area contributed by atoms with Crippen LogP contribution in [0, 0.1) is 5.92 Å². The molecule has 1 aliphatic carbocycles. The van der Waals surface area contributed by atoms with E-state index in [0.717, 1.165) is 49.5 Å². The molecule has 1 saturated heterocycles. The summed E-state index contributed by atoms with van der Waals surface area (Å²) < 4.78 is 16.7. The third-order valence-electron chi connectivity index (χ3n) is 6.04. The van der Waals surface area contributed by atoms with Gasteiger partial charge in [0.15, 0.2) is 0 Å². The molecule has 9 heteroatoms. The molecular formula is C22H32ClN3O5. The van der Waals surface area contributed by atoms with E-state index in [4.69, 9.17) is 14.2 Å². The minimum Gasteiger partial charge on any atom is -0.495 e. The first kappa shape index (κ1) is 23.5. The van der Waals surface area contributed by atoms with Gasteiger partial charge in [-0.25, -0.2) is 4.79 Å². The number of ether oxygens (including phenoxy) is 3. The average Bonchev–Trinajstić information content (AvgIpc) is 3.58. The van der Waals surface area contributed by atoms with Crippen molar-refractivity contribution >= 4 is 30.1 Å². The number of fused-ring (bicyclic) bond motifs is 1. The lowest BCUT2D eigenvalue weighted by molar-refractivity contribution is -0.116. The Kier molecular flexibility index (Phi) is 8.26. The molecule has 0 spiro atoms. The lowest BCUT2D eigenvalue weighted by Crippen LogP contribution is -2.45.